The molecule has 0 bridgehead atoms. The minimum atomic E-state index is -1.18. The maximum atomic E-state index is 12.1. The highest BCUT2D eigenvalue weighted by Crippen LogP contribution is 2.23. The molecule has 0 saturated heterocycles. The lowest BCUT2D eigenvalue weighted by Crippen LogP contribution is -2.20. The number of benzene rings is 1. The average Bonchev–Trinajstić information content (AvgIpc) is 2.37. The van der Waals surface area contributed by atoms with E-state index in [1.807, 2.05) is 27.7 Å². The zero-order valence-corrected chi connectivity index (χ0v) is 13.1. The predicted octanol–water partition coefficient (Wildman–Crippen LogP) is 3.84. The summed E-state index contributed by atoms with van der Waals surface area (Å²) < 4.78 is 16.1. The molecule has 0 aromatic heterocycles. The van der Waals surface area contributed by atoms with Crippen molar-refractivity contribution in [1.82, 2.24) is 0 Å². The Morgan fingerprint density at radius 1 is 1.16 bits per heavy atom. The van der Waals surface area contributed by atoms with Gasteiger partial charge in [-0.2, -0.15) is 4.40 Å². The first kappa shape index (κ1) is 14.4. The largest absolute Gasteiger partial charge is 0.234 e. The summed E-state index contributed by atoms with van der Waals surface area (Å²) in [7, 11) is -1.18. The van der Waals surface area contributed by atoms with Crippen molar-refractivity contribution in [3.8, 4) is 0 Å². The van der Waals surface area contributed by atoms with Gasteiger partial charge < -0.3 is 0 Å². The third kappa shape index (κ3) is 3.53. The second-order valence-corrected chi connectivity index (χ2v) is 8.13. The van der Waals surface area contributed by atoms with Crippen molar-refractivity contribution in [2.75, 3.05) is 0 Å². The molecule has 0 aliphatic heterocycles. The molecule has 0 amide bonds. The van der Waals surface area contributed by atoms with Crippen molar-refractivity contribution in [3.05, 3.63) is 34.9 Å². The van der Waals surface area contributed by atoms with E-state index in [2.05, 4.69) is 22.6 Å². The molecule has 1 aromatic rings. The molecule has 0 unspecified atom stereocenters. The van der Waals surface area contributed by atoms with Gasteiger partial charge in [0.15, 0.2) is 0 Å². The van der Waals surface area contributed by atoms with Crippen LogP contribution in [0.5, 0.6) is 0 Å². The molecule has 0 N–H and O–H groups in total. The zero-order chi connectivity index (χ0) is 14.0. The Labute approximate surface area is 118 Å². The molecular formula is C16H23NOS. The molecule has 0 saturated carbocycles. The molecule has 1 aliphatic rings. The first-order chi connectivity index (χ1) is 8.88. The van der Waals surface area contributed by atoms with Gasteiger partial charge in [-0.1, -0.05) is 12.1 Å². The molecule has 1 aromatic carbocycles. The summed E-state index contributed by atoms with van der Waals surface area (Å²) in [6.45, 7) is 7.81. The van der Waals surface area contributed by atoms with Gasteiger partial charge in [-0.25, -0.2) is 4.21 Å². The smallest absolute Gasteiger partial charge is 0.145 e. The van der Waals surface area contributed by atoms with Crippen LogP contribution in [0.1, 0.15) is 57.2 Å². The quantitative estimate of drug-likeness (QED) is 0.755. The Bertz CT molecular complexity index is 526. The van der Waals surface area contributed by atoms with Gasteiger partial charge in [0.2, 0.25) is 0 Å². The summed E-state index contributed by atoms with van der Waals surface area (Å²) in [5, 5.41) is 0. The monoisotopic (exact) mass is 277 g/mol. The molecule has 1 aliphatic carbocycles. The lowest BCUT2D eigenvalue weighted by atomic mass is 9.90. The highest BCUT2D eigenvalue weighted by molar-refractivity contribution is 7.85. The normalized spacial score (nSPS) is 18.0. The third-order valence-corrected chi connectivity index (χ3v) is 5.00. The van der Waals surface area contributed by atoms with Gasteiger partial charge in [0.05, 0.1) is 10.5 Å². The van der Waals surface area contributed by atoms with Crippen molar-refractivity contribution in [2.24, 2.45) is 4.40 Å². The average molecular weight is 277 g/mol. The summed E-state index contributed by atoms with van der Waals surface area (Å²) in [6.07, 6.45) is 4.94. The molecular weight excluding hydrogens is 254 g/mol. The van der Waals surface area contributed by atoms with Crippen LogP contribution in [-0.2, 0) is 23.8 Å². The molecule has 2 rings (SSSR count). The molecule has 0 radical (unpaired) electrons. The molecule has 2 nitrogen and oxygen atoms in total. The Morgan fingerprint density at radius 2 is 1.79 bits per heavy atom. The number of hydrogen-bond acceptors (Lipinski definition) is 1. The van der Waals surface area contributed by atoms with E-state index in [1.165, 1.54) is 36.8 Å². The van der Waals surface area contributed by atoms with Crippen molar-refractivity contribution in [3.63, 3.8) is 0 Å². The van der Waals surface area contributed by atoms with Crippen LogP contribution in [0.2, 0.25) is 0 Å². The van der Waals surface area contributed by atoms with Crippen molar-refractivity contribution >= 4 is 16.7 Å². The van der Waals surface area contributed by atoms with Crippen LogP contribution in [0.4, 0.5) is 0 Å². The fourth-order valence-corrected chi connectivity index (χ4v) is 2.90. The molecule has 1 atom stereocenters. The fourth-order valence-electron chi connectivity index (χ4n) is 2.27. The SMILES string of the molecule is CC(=N[S@](=O)C(C)(C)C)c1ccc2c(c1)CCCC2. The van der Waals surface area contributed by atoms with Crippen molar-refractivity contribution in [1.29, 1.82) is 0 Å². The summed E-state index contributed by atoms with van der Waals surface area (Å²) in [6, 6.07) is 6.55. The predicted molar refractivity (Wildman–Crippen MR) is 83.2 cm³/mol. The van der Waals surface area contributed by atoms with Crippen molar-refractivity contribution < 1.29 is 4.21 Å². The van der Waals surface area contributed by atoms with Gasteiger partial charge >= 0.3 is 0 Å². The first-order valence-corrected chi connectivity index (χ1v) is 8.08. The van der Waals surface area contributed by atoms with Crippen LogP contribution in [0, 0.1) is 0 Å². The Morgan fingerprint density at radius 3 is 2.42 bits per heavy atom. The Hall–Kier alpha value is -0.960. The van der Waals surface area contributed by atoms with E-state index in [0.29, 0.717) is 0 Å². The first-order valence-electron chi connectivity index (χ1n) is 6.97. The highest BCUT2D eigenvalue weighted by Gasteiger charge is 2.19. The summed E-state index contributed by atoms with van der Waals surface area (Å²) >= 11 is 0. The molecule has 104 valence electrons. The van der Waals surface area contributed by atoms with Crippen LogP contribution in [0.25, 0.3) is 0 Å². The number of nitrogens with zero attached hydrogens (tertiary/aromatic N) is 1. The minimum absolute atomic E-state index is 0.296. The fraction of sp³-hybridized carbons (Fsp3) is 0.562. The number of hydrogen-bond donors (Lipinski definition) is 0. The van der Waals surface area contributed by atoms with E-state index in [9.17, 15) is 4.21 Å². The Kier molecular flexibility index (Phi) is 4.24. The van der Waals surface area contributed by atoms with E-state index >= 15 is 0 Å². The second-order valence-electron chi connectivity index (χ2n) is 6.23. The molecule has 0 spiro atoms. The number of fused-ring (bicyclic) bond motifs is 1. The van der Waals surface area contributed by atoms with Crippen LogP contribution >= 0.6 is 0 Å². The van der Waals surface area contributed by atoms with Gasteiger partial charge in [-0.05, 0) is 76.1 Å². The third-order valence-electron chi connectivity index (χ3n) is 3.51. The van der Waals surface area contributed by atoms with Gasteiger partial charge in [0.25, 0.3) is 0 Å². The molecule has 3 heteroatoms. The van der Waals surface area contributed by atoms with Gasteiger partial charge in [-0.3, -0.25) is 0 Å². The van der Waals surface area contributed by atoms with Crippen LogP contribution < -0.4 is 0 Å². The van der Waals surface area contributed by atoms with E-state index in [4.69, 9.17) is 0 Å². The van der Waals surface area contributed by atoms with Crippen LogP contribution in [0.3, 0.4) is 0 Å². The van der Waals surface area contributed by atoms with Gasteiger partial charge in [0, 0.05) is 0 Å². The van der Waals surface area contributed by atoms with E-state index in [-0.39, 0.29) is 4.75 Å². The van der Waals surface area contributed by atoms with Gasteiger partial charge in [0.1, 0.15) is 11.0 Å². The highest BCUT2D eigenvalue weighted by atomic mass is 32.2. The van der Waals surface area contributed by atoms with E-state index in [1.54, 1.807) is 0 Å². The minimum Gasteiger partial charge on any atom is -0.234 e. The standard InChI is InChI=1S/C16H23NOS/c1-12(17-19(18)16(2,3)4)14-10-9-13-7-5-6-8-15(13)11-14/h9-11H,5-8H2,1-4H3/t19-/m1/s1. The van der Waals surface area contributed by atoms with E-state index < -0.39 is 11.0 Å². The van der Waals surface area contributed by atoms with E-state index in [0.717, 1.165) is 11.3 Å². The zero-order valence-electron chi connectivity index (χ0n) is 12.3. The summed E-state index contributed by atoms with van der Waals surface area (Å²) in [4.78, 5) is 0. The molecule has 19 heavy (non-hydrogen) atoms. The maximum absolute atomic E-state index is 12.1. The molecule has 0 fully saturated rings. The maximum Gasteiger partial charge on any atom is 0.145 e. The lowest BCUT2D eigenvalue weighted by Gasteiger charge is -2.17. The van der Waals surface area contributed by atoms with Gasteiger partial charge in [-0.15, -0.1) is 0 Å². The Balaban J connectivity index is 2.27. The number of aryl methyl sites for hydroxylation is 2. The molecule has 0 heterocycles. The topological polar surface area (TPSA) is 29.4 Å². The summed E-state index contributed by atoms with van der Waals surface area (Å²) in [5.74, 6) is 0. The van der Waals surface area contributed by atoms with Crippen molar-refractivity contribution in [2.45, 2.75) is 58.1 Å². The second kappa shape index (κ2) is 5.58. The lowest BCUT2D eigenvalue weighted by molar-refractivity contribution is 0.650. The van der Waals surface area contributed by atoms with Crippen LogP contribution in [0.15, 0.2) is 22.6 Å². The number of rotatable bonds is 2. The summed E-state index contributed by atoms with van der Waals surface area (Å²) in [5.41, 5.74) is 4.90. The van der Waals surface area contributed by atoms with Crippen LogP contribution in [-0.4, -0.2) is 14.7 Å².